The molecule has 1 atom stereocenters. The Bertz CT molecular complexity index is 384. The van der Waals surface area contributed by atoms with Crippen LogP contribution in [0.3, 0.4) is 0 Å². The predicted octanol–water partition coefficient (Wildman–Crippen LogP) is 1.72. The molecule has 4 nitrogen and oxygen atoms in total. The molecule has 1 aromatic carbocycles. The first-order valence-corrected chi connectivity index (χ1v) is 6.10. The summed E-state index contributed by atoms with van der Waals surface area (Å²) < 4.78 is 1.01. The zero-order valence-electron chi connectivity index (χ0n) is 9.64. The summed E-state index contributed by atoms with van der Waals surface area (Å²) in [6.45, 7) is 1.01. The van der Waals surface area contributed by atoms with Crippen molar-refractivity contribution in [1.82, 2.24) is 4.90 Å². The number of aliphatic hydroxyl groups is 1. The summed E-state index contributed by atoms with van der Waals surface area (Å²) in [5.74, 6) is -0.980. The zero-order chi connectivity index (χ0) is 12.8. The van der Waals surface area contributed by atoms with Gasteiger partial charge in [0, 0.05) is 17.6 Å². The third kappa shape index (κ3) is 5.30. The van der Waals surface area contributed by atoms with E-state index < -0.39 is 12.1 Å². The number of benzene rings is 1. The fourth-order valence-electron chi connectivity index (χ4n) is 1.61. The highest BCUT2D eigenvalue weighted by molar-refractivity contribution is 9.10. The van der Waals surface area contributed by atoms with Crippen LogP contribution in [0.2, 0.25) is 0 Å². The summed E-state index contributed by atoms with van der Waals surface area (Å²) in [5, 5.41) is 18.0. The first-order valence-electron chi connectivity index (χ1n) is 5.31. The van der Waals surface area contributed by atoms with Crippen molar-refractivity contribution in [2.24, 2.45) is 0 Å². The Labute approximate surface area is 109 Å². The molecule has 94 valence electrons. The van der Waals surface area contributed by atoms with E-state index in [0.717, 1.165) is 10.0 Å². The SMILES string of the molecule is CN(Cc1ccccc1Br)CC(O)CC(=O)O. The van der Waals surface area contributed by atoms with Gasteiger partial charge in [0.25, 0.3) is 0 Å². The quantitative estimate of drug-likeness (QED) is 0.840. The number of nitrogens with zero attached hydrogens (tertiary/aromatic N) is 1. The van der Waals surface area contributed by atoms with E-state index in [1.54, 1.807) is 0 Å². The van der Waals surface area contributed by atoms with Crippen molar-refractivity contribution in [3.63, 3.8) is 0 Å². The molecule has 0 aliphatic carbocycles. The van der Waals surface area contributed by atoms with E-state index in [0.29, 0.717) is 13.1 Å². The van der Waals surface area contributed by atoms with Crippen LogP contribution in [0.4, 0.5) is 0 Å². The molecule has 1 unspecified atom stereocenters. The molecule has 0 aliphatic heterocycles. The number of aliphatic hydroxyl groups excluding tert-OH is 1. The van der Waals surface area contributed by atoms with E-state index in [9.17, 15) is 9.90 Å². The standard InChI is InChI=1S/C12H16BrNO3/c1-14(8-10(15)6-12(16)17)7-9-4-2-3-5-11(9)13/h2-5,10,15H,6-8H2,1H3,(H,16,17). The minimum Gasteiger partial charge on any atom is -0.481 e. The molecule has 0 bridgehead atoms. The van der Waals surface area contributed by atoms with Crippen LogP contribution in [0.5, 0.6) is 0 Å². The first-order chi connectivity index (χ1) is 7.99. The molecule has 5 heteroatoms. The topological polar surface area (TPSA) is 60.8 Å². The van der Waals surface area contributed by atoms with Gasteiger partial charge in [-0.25, -0.2) is 0 Å². The van der Waals surface area contributed by atoms with E-state index in [-0.39, 0.29) is 6.42 Å². The molecule has 0 fully saturated rings. The van der Waals surface area contributed by atoms with Crippen LogP contribution in [0, 0.1) is 0 Å². The Morgan fingerprint density at radius 3 is 2.71 bits per heavy atom. The molecule has 0 saturated carbocycles. The minimum absolute atomic E-state index is 0.222. The smallest absolute Gasteiger partial charge is 0.306 e. The maximum atomic E-state index is 10.4. The number of carbonyl (C=O) groups is 1. The molecule has 1 aromatic rings. The lowest BCUT2D eigenvalue weighted by Gasteiger charge is -2.20. The predicted molar refractivity (Wildman–Crippen MR) is 68.7 cm³/mol. The van der Waals surface area contributed by atoms with Crippen LogP contribution in [-0.4, -0.2) is 40.8 Å². The number of hydrogen-bond donors (Lipinski definition) is 2. The highest BCUT2D eigenvalue weighted by Gasteiger charge is 2.12. The van der Waals surface area contributed by atoms with Crippen molar-refractivity contribution in [1.29, 1.82) is 0 Å². The first kappa shape index (κ1) is 14.2. The van der Waals surface area contributed by atoms with Crippen LogP contribution in [0.1, 0.15) is 12.0 Å². The molecule has 17 heavy (non-hydrogen) atoms. The normalized spacial score (nSPS) is 12.7. The van der Waals surface area contributed by atoms with Crippen LogP contribution >= 0.6 is 15.9 Å². The van der Waals surface area contributed by atoms with Gasteiger partial charge < -0.3 is 10.2 Å². The Morgan fingerprint density at radius 2 is 2.12 bits per heavy atom. The number of carboxylic acid groups (broad SMARTS) is 1. The number of likely N-dealkylation sites (N-methyl/N-ethyl adjacent to an activating group) is 1. The van der Waals surface area contributed by atoms with Gasteiger partial charge in [-0.2, -0.15) is 0 Å². The van der Waals surface area contributed by atoms with E-state index in [2.05, 4.69) is 15.9 Å². The average molecular weight is 302 g/mol. The molecule has 1 rings (SSSR count). The third-order valence-electron chi connectivity index (χ3n) is 2.33. The van der Waals surface area contributed by atoms with Crippen LogP contribution in [0.15, 0.2) is 28.7 Å². The van der Waals surface area contributed by atoms with Gasteiger partial charge in [0.2, 0.25) is 0 Å². The summed E-state index contributed by atoms with van der Waals surface area (Å²) in [6, 6.07) is 7.83. The van der Waals surface area contributed by atoms with Crippen molar-refractivity contribution in [2.75, 3.05) is 13.6 Å². The molecule has 0 spiro atoms. The zero-order valence-corrected chi connectivity index (χ0v) is 11.2. The summed E-state index contributed by atoms with van der Waals surface area (Å²) in [6.07, 6.45) is -1.06. The Kier molecular flexibility index (Phi) is 5.61. The molecule has 2 N–H and O–H groups in total. The van der Waals surface area contributed by atoms with Gasteiger partial charge in [0.1, 0.15) is 0 Å². The lowest BCUT2D eigenvalue weighted by molar-refractivity contribution is -0.139. The molecular formula is C12H16BrNO3. The molecule has 0 radical (unpaired) electrons. The number of rotatable bonds is 6. The van der Waals surface area contributed by atoms with E-state index in [1.807, 2.05) is 36.2 Å². The number of hydrogen-bond acceptors (Lipinski definition) is 3. The van der Waals surface area contributed by atoms with Gasteiger partial charge in [-0.1, -0.05) is 34.1 Å². The van der Waals surface area contributed by atoms with Gasteiger partial charge in [0.05, 0.1) is 12.5 Å². The minimum atomic E-state index is -0.980. The molecule has 0 heterocycles. The van der Waals surface area contributed by atoms with E-state index in [4.69, 9.17) is 5.11 Å². The van der Waals surface area contributed by atoms with Crippen molar-refractivity contribution >= 4 is 21.9 Å². The van der Waals surface area contributed by atoms with Gasteiger partial charge >= 0.3 is 5.97 Å². The molecule has 0 saturated heterocycles. The lowest BCUT2D eigenvalue weighted by atomic mass is 10.2. The van der Waals surface area contributed by atoms with Crippen LogP contribution < -0.4 is 0 Å². The molecule has 0 aromatic heterocycles. The fourth-order valence-corrected chi connectivity index (χ4v) is 2.02. The van der Waals surface area contributed by atoms with Crippen molar-refractivity contribution in [2.45, 2.75) is 19.1 Å². The highest BCUT2D eigenvalue weighted by Crippen LogP contribution is 2.17. The Morgan fingerprint density at radius 1 is 1.47 bits per heavy atom. The van der Waals surface area contributed by atoms with Crippen molar-refractivity contribution < 1.29 is 15.0 Å². The van der Waals surface area contributed by atoms with Crippen LogP contribution in [-0.2, 0) is 11.3 Å². The number of halogens is 1. The van der Waals surface area contributed by atoms with Gasteiger partial charge in [0.15, 0.2) is 0 Å². The van der Waals surface area contributed by atoms with Crippen molar-refractivity contribution in [3.05, 3.63) is 34.3 Å². The number of aliphatic carboxylic acids is 1. The Hall–Kier alpha value is -0.910. The second-order valence-electron chi connectivity index (χ2n) is 4.04. The van der Waals surface area contributed by atoms with Crippen LogP contribution in [0.25, 0.3) is 0 Å². The van der Waals surface area contributed by atoms with Gasteiger partial charge in [-0.05, 0) is 18.7 Å². The lowest BCUT2D eigenvalue weighted by Crippen LogP contribution is -2.30. The highest BCUT2D eigenvalue weighted by atomic mass is 79.9. The van der Waals surface area contributed by atoms with E-state index in [1.165, 1.54) is 0 Å². The van der Waals surface area contributed by atoms with Crippen molar-refractivity contribution in [3.8, 4) is 0 Å². The largest absolute Gasteiger partial charge is 0.481 e. The second-order valence-corrected chi connectivity index (χ2v) is 4.89. The monoisotopic (exact) mass is 301 g/mol. The Balaban J connectivity index is 2.47. The molecular weight excluding hydrogens is 286 g/mol. The van der Waals surface area contributed by atoms with Gasteiger partial charge in [-0.15, -0.1) is 0 Å². The maximum absolute atomic E-state index is 10.4. The summed E-state index contributed by atoms with van der Waals surface area (Å²) in [7, 11) is 1.85. The summed E-state index contributed by atoms with van der Waals surface area (Å²) in [5.41, 5.74) is 1.11. The summed E-state index contributed by atoms with van der Waals surface area (Å²) >= 11 is 3.45. The maximum Gasteiger partial charge on any atom is 0.306 e. The second kappa shape index (κ2) is 6.74. The summed E-state index contributed by atoms with van der Waals surface area (Å²) in [4.78, 5) is 12.3. The van der Waals surface area contributed by atoms with E-state index >= 15 is 0 Å². The fraction of sp³-hybridized carbons (Fsp3) is 0.417. The third-order valence-corrected chi connectivity index (χ3v) is 3.10. The van der Waals surface area contributed by atoms with Gasteiger partial charge in [-0.3, -0.25) is 9.69 Å². The average Bonchev–Trinajstić information content (AvgIpc) is 2.19. The number of carboxylic acids is 1. The molecule has 0 amide bonds. The molecule has 0 aliphatic rings.